The second-order valence-corrected chi connectivity index (χ2v) is 9.29. The first-order valence-corrected chi connectivity index (χ1v) is 11.9. The fourth-order valence-electron chi connectivity index (χ4n) is 4.20. The standard InChI is InChI=1S/C25H38N6O3/c1-17(2)8-9-20(12-18(3)13-30-10-6-7-11-30)14-31-15-21(32)27-22-23(26)28-25(29-24(22)31)34-19(4)16-33-5/h9,12,19H,1,6-8,10-11,13-16H2,2-5H3,(H,27,32)(H2,26,28,29). The third kappa shape index (κ3) is 7.30. The van der Waals surface area contributed by atoms with Crippen LogP contribution in [-0.4, -0.2) is 73.3 Å². The molecule has 1 fully saturated rings. The molecule has 1 aromatic heterocycles. The molecule has 1 atom stereocenters. The monoisotopic (exact) mass is 470 g/mol. The van der Waals surface area contributed by atoms with Crippen LogP contribution >= 0.6 is 0 Å². The maximum absolute atomic E-state index is 12.5. The predicted molar refractivity (Wildman–Crippen MR) is 136 cm³/mol. The van der Waals surface area contributed by atoms with Crippen molar-refractivity contribution >= 4 is 23.2 Å². The number of carbonyl (C=O) groups is 1. The zero-order chi connectivity index (χ0) is 24.7. The molecule has 0 aromatic carbocycles. The van der Waals surface area contributed by atoms with Crippen molar-refractivity contribution in [3.63, 3.8) is 0 Å². The van der Waals surface area contributed by atoms with E-state index < -0.39 is 0 Å². The van der Waals surface area contributed by atoms with E-state index in [1.165, 1.54) is 18.4 Å². The lowest BCUT2D eigenvalue weighted by molar-refractivity contribution is -0.115. The SMILES string of the molecule is C=C(C)CC=C(C=C(C)CN1CCCC1)CN1CC(=O)Nc2c(N)nc(OC(C)COC)nc21. The van der Waals surface area contributed by atoms with Crippen LogP contribution in [0.15, 0.2) is 35.5 Å². The average Bonchev–Trinajstić information content (AvgIpc) is 3.25. The Balaban J connectivity index is 1.87. The van der Waals surface area contributed by atoms with Crippen molar-refractivity contribution in [3.05, 3.63) is 35.5 Å². The van der Waals surface area contributed by atoms with Crippen molar-refractivity contribution < 1.29 is 14.3 Å². The number of hydrogen-bond donors (Lipinski definition) is 2. The number of likely N-dealkylation sites (tertiary alicyclic amines) is 1. The zero-order valence-electron chi connectivity index (χ0n) is 20.9. The minimum absolute atomic E-state index is 0.152. The van der Waals surface area contributed by atoms with Gasteiger partial charge in [-0.15, -0.1) is 0 Å². The average molecular weight is 471 g/mol. The van der Waals surface area contributed by atoms with Gasteiger partial charge in [0.1, 0.15) is 11.8 Å². The predicted octanol–water partition coefficient (Wildman–Crippen LogP) is 3.17. The van der Waals surface area contributed by atoms with E-state index >= 15 is 0 Å². The smallest absolute Gasteiger partial charge is 0.320 e. The first kappa shape index (κ1) is 25.7. The first-order chi connectivity index (χ1) is 16.2. The molecule has 3 N–H and O–H groups in total. The van der Waals surface area contributed by atoms with Gasteiger partial charge in [0.15, 0.2) is 11.6 Å². The number of anilines is 3. The summed E-state index contributed by atoms with van der Waals surface area (Å²) in [7, 11) is 1.61. The summed E-state index contributed by atoms with van der Waals surface area (Å²) in [6.45, 7) is 14.4. The molecular weight excluding hydrogens is 432 g/mol. The Kier molecular flexibility index (Phi) is 9.06. The Morgan fingerprint density at radius 2 is 2.00 bits per heavy atom. The minimum Gasteiger partial charge on any atom is -0.458 e. The number of rotatable bonds is 11. The molecule has 3 heterocycles. The Bertz CT molecular complexity index is 952. The summed E-state index contributed by atoms with van der Waals surface area (Å²) in [6, 6.07) is 0.162. The molecule has 1 unspecified atom stereocenters. The van der Waals surface area contributed by atoms with Gasteiger partial charge < -0.3 is 25.4 Å². The van der Waals surface area contributed by atoms with Gasteiger partial charge >= 0.3 is 6.01 Å². The van der Waals surface area contributed by atoms with Crippen molar-refractivity contribution in [2.45, 2.75) is 46.1 Å². The van der Waals surface area contributed by atoms with Gasteiger partial charge in [0.2, 0.25) is 5.91 Å². The Labute approximate surface area is 202 Å². The molecular formula is C25H38N6O3. The van der Waals surface area contributed by atoms with Crippen LogP contribution < -0.4 is 20.7 Å². The van der Waals surface area contributed by atoms with Crippen LogP contribution in [0.5, 0.6) is 6.01 Å². The molecule has 34 heavy (non-hydrogen) atoms. The molecule has 9 nitrogen and oxygen atoms in total. The summed E-state index contributed by atoms with van der Waals surface area (Å²) in [5.41, 5.74) is 10.1. The Hall–Kier alpha value is -2.91. The van der Waals surface area contributed by atoms with Gasteiger partial charge in [0.25, 0.3) is 0 Å². The van der Waals surface area contributed by atoms with Crippen LogP contribution in [0.2, 0.25) is 0 Å². The maximum atomic E-state index is 12.5. The van der Waals surface area contributed by atoms with E-state index in [9.17, 15) is 4.79 Å². The van der Waals surface area contributed by atoms with Gasteiger partial charge in [-0.3, -0.25) is 9.69 Å². The third-order valence-electron chi connectivity index (χ3n) is 5.69. The number of nitrogens with one attached hydrogen (secondary N) is 1. The molecule has 0 aliphatic carbocycles. The van der Waals surface area contributed by atoms with Crippen LogP contribution in [0, 0.1) is 0 Å². The van der Waals surface area contributed by atoms with Crippen molar-refractivity contribution in [2.24, 2.45) is 0 Å². The quantitative estimate of drug-likeness (QED) is 0.375. The molecule has 186 valence electrons. The summed E-state index contributed by atoms with van der Waals surface area (Å²) in [5, 5.41) is 2.81. The molecule has 1 aromatic rings. The van der Waals surface area contributed by atoms with Gasteiger partial charge in [0, 0.05) is 20.2 Å². The first-order valence-electron chi connectivity index (χ1n) is 11.9. The summed E-state index contributed by atoms with van der Waals surface area (Å²) in [5.74, 6) is 0.579. The number of hydrogen-bond acceptors (Lipinski definition) is 8. The van der Waals surface area contributed by atoms with Crippen molar-refractivity contribution in [3.8, 4) is 6.01 Å². The summed E-state index contributed by atoms with van der Waals surface area (Å²) in [4.78, 5) is 25.7. The molecule has 0 radical (unpaired) electrons. The van der Waals surface area contributed by atoms with E-state index in [0.29, 0.717) is 24.7 Å². The topological polar surface area (TPSA) is 106 Å². The van der Waals surface area contributed by atoms with E-state index in [4.69, 9.17) is 15.2 Å². The van der Waals surface area contributed by atoms with Crippen LogP contribution in [0.4, 0.5) is 17.3 Å². The molecule has 3 rings (SSSR count). The second kappa shape index (κ2) is 12.0. The highest BCUT2D eigenvalue weighted by molar-refractivity contribution is 6.03. The van der Waals surface area contributed by atoms with E-state index in [-0.39, 0.29) is 30.4 Å². The van der Waals surface area contributed by atoms with E-state index in [1.807, 2.05) is 18.7 Å². The number of nitrogen functional groups attached to an aromatic ring is 1. The lowest BCUT2D eigenvalue weighted by Crippen LogP contribution is -2.40. The van der Waals surface area contributed by atoms with E-state index in [1.54, 1.807) is 7.11 Å². The second-order valence-electron chi connectivity index (χ2n) is 9.29. The van der Waals surface area contributed by atoms with Gasteiger partial charge in [-0.05, 0) is 58.7 Å². The fourth-order valence-corrected chi connectivity index (χ4v) is 4.20. The van der Waals surface area contributed by atoms with Gasteiger partial charge in [-0.25, -0.2) is 0 Å². The number of amides is 1. The number of allylic oxidation sites excluding steroid dienone is 2. The molecule has 2 aliphatic heterocycles. The van der Waals surface area contributed by atoms with Crippen LogP contribution in [-0.2, 0) is 9.53 Å². The van der Waals surface area contributed by atoms with E-state index in [2.05, 4.69) is 45.8 Å². The maximum Gasteiger partial charge on any atom is 0.320 e. The van der Waals surface area contributed by atoms with Gasteiger partial charge in [0.05, 0.1) is 13.2 Å². The number of aromatic nitrogens is 2. The largest absolute Gasteiger partial charge is 0.458 e. The van der Waals surface area contributed by atoms with Crippen LogP contribution in [0.25, 0.3) is 0 Å². The highest BCUT2D eigenvalue weighted by atomic mass is 16.5. The minimum atomic E-state index is -0.240. The van der Waals surface area contributed by atoms with Gasteiger partial charge in [-0.2, -0.15) is 9.97 Å². The van der Waals surface area contributed by atoms with Crippen LogP contribution in [0.3, 0.4) is 0 Å². The third-order valence-corrected chi connectivity index (χ3v) is 5.69. The van der Waals surface area contributed by atoms with Crippen molar-refractivity contribution in [1.29, 1.82) is 0 Å². The molecule has 9 heteroatoms. The number of methoxy groups -OCH3 is 1. The molecule has 1 saturated heterocycles. The normalized spacial score (nSPS) is 18.0. The van der Waals surface area contributed by atoms with Gasteiger partial charge in [-0.1, -0.05) is 29.9 Å². The lowest BCUT2D eigenvalue weighted by Gasteiger charge is -2.31. The fraction of sp³-hybridized carbons (Fsp3) is 0.560. The van der Waals surface area contributed by atoms with Crippen LogP contribution in [0.1, 0.15) is 40.0 Å². The molecule has 2 aliphatic rings. The van der Waals surface area contributed by atoms with Crippen molar-refractivity contribution in [2.75, 3.05) is 62.4 Å². The highest BCUT2D eigenvalue weighted by Gasteiger charge is 2.28. The molecule has 0 saturated carbocycles. The lowest BCUT2D eigenvalue weighted by atomic mass is 10.1. The Morgan fingerprint density at radius 1 is 1.26 bits per heavy atom. The molecule has 1 amide bonds. The summed E-state index contributed by atoms with van der Waals surface area (Å²) < 4.78 is 10.9. The summed E-state index contributed by atoms with van der Waals surface area (Å²) in [6.07, 6.45) is 7.45. The summed E-state index contributed by atoms with van der Waals surface area (Å²) >= 11 is 0. The van der Waals surface area contributed by atoms with E-state index in [0.717, 1.165) is 37.2 Å². The molecule has 0 bridgehead atoms. The number of nitrogens with zero attached hydrogens (tertiary/aromatic N) is 4. The highest BCUT2D eigenvalue weighted by Crippen LogP contribution is 2.34. The number of fused-ring (bicyclic) bond motifs is 1. The molecule has 0 spiro atoms. The zero-order valence-corrected chi connectivity index (χ0v) is 20.9. The Morgan fingerprint density at radius 3 is 2.68 bits per heavy atom. The van der Waals surface area contributed by atoms with Crippen molar-refractivity contribution in [1.82, 2.24) is 14.9 Å². The number of ether oxygens (including phenoxy) is 2. The number of carbonyl (C=O) groups excluding carboxylic acids is 1. The number of nitrogens with two attached hydrogens (primary N) is 1.